The van der Waals surface area contributed by atoms with Gasteiger partial charge in [-0.05, 0) is 29.8 Å². The van der Waals surface area contributed by atoms with E-state index in [0.29, 0.717) is 5.69 Å². The molecule has 0 radical (unpaired) electrons. The Morgan fingerprint density at radius 1 is 0.786 bits per heavy atom. The van der Waals surface area contributed by atoms with E-state index in [-0.39, 0.29) is 10.5 Å². The minimum absolute atomic E-state index is 0.196. The third-order valence-corrected chi connectivity index (χ3v) is 4.97. The maximum absolute atomic E-state index is 12.7. The van der Waals surface area contributed by atoms with Crippen LogP contribution in [-0.2, 0) is 0 Å². The van der Waals surface area contributed by atoms with Crippen LogP contribution in [0.15, 0.2) is 95.8 Å². The van der Waals surface area contributed by atoms with Crippen LogP contribution in [0.2, 0.25) is 5.02 Å². The lowest BCUT2D eigenvalue weighted by Gasteiger charge is -2.21. The fourth-order valence-corrected chi connectivity index (χ4v) is 3.51. The molecule has 138 valence electrons. The second-order valence-electron chi connectivity index (χ2n) is 6.32. The highest BCUT2D eigenvalue weighted by Crippen LogP contribution is 2.34. The molecular formula is C24H18ClNO2. The fraction of sp³-hybridized carbons (Fsp3) is 0.0417. The molecule has 0 aliphatic heterocycles. The molecule has 0 aliphatic rings. The third kappa shape index (κ3) is 3.32. The molecule has 28 heavy (non-hydrogen) atoms. The maximum atomic E-state index is 12.7. The number of benzene rings is 3. The van der Waals surface area contributed by atoms with Crippen LogP contribution in [0.25, 0.3) is 28.2 Å². The number of halogens is 1. The van der Waals surface area contributed by atoms with Crippen molar-refractivity contribution in [2.45, 2.75) is 0 Å². The summed E-state index contributed by atoms with van der Waals surface area (Å²) in [6, 6.07) is 28.8. The highest BCUT2D eigenvalue weighted by Gasteiger charge is 2.18. The van der Waals surface area contributed by atoms with E-state index in [2.05, 4.69) is 0 Å². The van der Waals surface area contributed by atoms with E-state index >= 15 is 0 Å². The Labute approximate surface area is 168 Å². The second kappa shape index (κ2) is 7.75. The molecule has 4 heteroatoms. The maximum Gasteiger partial charge on any atom is 0.201 e. The molecule has 1 heterocycles. The molecule has 0 spiro atoms. The van der Waals surface area contributed by atoms with Gasteiger partial charge in [-0.25, -0.2) is 0 Å². The molecule has 4 rings (SSSR count). The highest BCUT2D eigenvalue weighted by molar-refractivity contribution is 6.33. The number of nitrogens with zero attached hydrogens (tertiary/aromatic N) is 1. The van der Waals surface area contributed by atoms with Gasteiger partial charge in [-0.1, -0.05) is 72.3 Å². The summed E-state index contributed by atoms with van der Waals surface area (Å²) in [5.41, 5.74) is 3.94. The van der Waals surface area contributed by atoms with Gasteiger partial charge in [0.15, 0.2) is 0 Å². The Morgan fingerprint density at radius 2 is 1.36 bits per heavy atom. The van der Waals surface area contributed by atoms with Crippen LogP contribution in [0.3, 0.4) is 0 Å². The van der Waals surface area contributed by atoms with Gasteiger partial charge in [0.05, 0.1) is 18.5 Å². The van der Waals surface area contributed by atoms with Crippen LogP contribution >= 0.6 is 11.6 Å². The summed E-state index contributed by atoms with van der Waals surface area (Å²) < 4.78 is 7.31. The van der Waals surface area contributed by atoms with Crippen LogP contribution in [0, 0.1) is 0 Å². The number of methoxy groups -OCH3 is 1. The normalized spacial score (nSPS) is 10.6. The van der Waals surface area contributed by atoms with E-state index in [1.54, 1.807) is 13.2 Å². The van der Waals surface area contributed by atoms with E-state index in [0.717, 1.165) is 28.3 Å². The number of aromatic nitrogens is 1. The van der Waals surface area contributed by atoms with Crippen molar-refractivity contribution >= 4 is 11.6 Å². The largest absolute Gasteiger partial charge is 0.497 e. The van der Waals surface area contributed by atoms with Gasteiger partial charge < -0.3 is 9.30 Å². The van der Waals surface area contributed by atoms with Crippen molar-refractivity contribution in [1.29, 1.82) is 0 Å². The molecule has 0 aliphatic carbocycles. The minimum atomic E-state index is -0.205. The predicted molar refractivity (Wildman–Crippen MR) is 114 cm³/mol. The summed E-state index contributed by atoms with van der Waals surface area (Å²) in [6.07, 6.45) is 0. The van der Waals surface area contributed by atoms with Crippen molar-refractivity contribution in [3.63, 3.8) is 0 Å². The zero-order valence-corrected chi connectivity index (χ0v) is 16.1. The average Bonchev–Trinajstić information content (AvgIpc) is 2.76. The predicted octanol–water partition coefficient (Wildman–Crippen LogP) is 5.83. The number of ether oxygens (including phenoxy) is 1. The second-order valence-corrected chi connectivity index (χ2v) is 6.70. The third-order valence-electron chi connectivity index (χ3n) is 4.60. The topological polar surface area (TPSA) is 31.2 Å². The van der Waals surface area contributed by atoms with Gasteiger partial charge in [0.2, 0.25) is 5.43 Å². The van der Waals surface area contributed by atoms with Crippen molar-refractivity contribution in [2.75, 3.05) is 7.11 Å². The first-order chi connectivity index (χ1) is 13.7. The summed E-state index contributed by atoms with van der Waals surface area (Å²) in [6.45, 7) is 0. The highest BCUT2D eigenvalue weighted by atomic mass is 35.5. The summed E-state index contributed by atoms with van der Waals surface area (Å²) in [5, 5.41) is 0.196. The van der Waals surface area contributed by atoms with Gasteiger partial charge in [0.1, 0.15) is 10.8 Å². The van der Waals surface area contributed by atoms with Gasteiger partial charge >= 0.3 is 0 Å². The van der Waals surface area contributed by atoms with Crippen LogP contribution in [-0.4, -0.2) is 11.7 Å². The Morgan fingerprint density at radius 3 is 1.93 bits per heavy atom. The van der Waals surface area contributed by atoms with E-state index in [4.69, 9.17) is 16.3 Å². The molecule has 0 unspecified atom stereocenters. The van der Waals surface area contributed by atoms with Gasteiger partial charge in [0.25, 0.3) is 0 Å². The Bertz CT molecular complexity index is 1150. The first-order valence-corrected chi connectivity index (χ1v) is 9.27. The zero-order chi connectivity index (χ0) is 19.5. The Balaban J connectivity index is 2.09. The Hall–Kier alpha value is -3.30. The zero-order valence-electron chi connectivity index (χ0n) is 15.3. The molecule has 0 saturated carbocycles. The van der Waals surface area contributed by atoms with Crippen LogP contribution < -0.4 is 10.2 Å². The van der Waals surface area contributed by atoms with Crippen molar-refractivity contribution in [3.05, 3.63) is 106 Å². The standard InChI is InChI=1S/C24H18ClNO2/c1-28-20-14-12-19(13-15-20)26-21(17-8-4-2-5-9-17)16-22(27)23(25)24(26)18-10-6-3-7-11-18/h2-16H,1H3. The van der Waals surface area contributed by atoms with Crippen molar-refractivity contribution in [2.24, 2.45) is 0 Å². The molecule has 0 bridgehead atoms. The van der Waals surface area contributed by atoms with Crippen molar-refractivity contribution in [1.82, 2.24) is 4.57 Å². The Kier molecular flexibility index (Phi) is 5.00. The van der Waals surface area contributed by atoms with Crippen LogP contribution in [0.4, 0.5) is 0 Å². The van der Waals surface area contributed by atoms with Gasteiger partial charge in [-0.15, -0.1) is 0 Å². The minimum Gasteiger partial charge on any atom is -0.497 e. The summed E-state index contributed by atoms with van der Waals surface area (Å²) in [5.74, 6) is 0.762. The van der Waals surface area contributed by atoms with Crippen LogP contribution in [0.5, 0.6) is 5.75 Å². The molecule has 0 fully saturated rings. The number of pyridine rings is 1. The number of hydrogen-bond acceptors (Lipinski definition) is 2. The molecule has 0 N–H and O–H groups in total. The van der Waals surface area contributed by atoms with E-state index in [1.807, 2.05) is 89.5 Å². The summed E-state index contributed by atoms with van der Waals surface area (Å²) in [7, 11) is 1.63. The van der Waals surface area contributed by atoms with Crippen molar-refractivity contribution < 1.29 is 4.74 Å². The number of rotatable bonds is 4. The molecule has 0 atom stereocenters. The summed E-state index contributed by atoms with van der Waals surface area (Å²) >= 11 is 6.54. The fourth-order valence-electron chi connectivity index (χ4n) is 3.26. The monoisotopic (exact) mass is 387 g/mol. The molecule has 0 amide bonds. The summed E-state index contributed by atoms with van der Waals surface area (Å²) in [4.78, 5) is 12.7. The van der Waals surface area contributed by atoms with Gasteiger partial charge in [0, 0.05) is 17.3 Å². The molecule has 3 nitrogen and oxygen atoms in total. The molecule has 0 saturated heterocycles. The lowest BCUT2D eigenvalue weighted by Crippen LogP contribution is -2.13. The molecule has 4 aromatic rings. The van der Waals surface area contributed by atoms with Gasteiger partial charge in [-0.2, -0.15) is 0 Å². The van der Waals surface area contributed by atoms with Crippen molar-refractivity contribution in [3.8, 4) is 34.0 Å². The molecular weight excluding hydrogens is 370 g/mol. The van der Waals surface area contributed by atoms with E-state index < -0.39 is 0 Å². The average molecular weight is 388 g/mol. The smallest absolute Gasteiger partial charge is 0.201 e. The van der Waals surface area contributed by atoms with E-state index in [1.165, 1.54) is 0 Å². The molecule has 1 aromatic heterocycles. The quantitative estimate of drug-likeness (QED) is 0.441. The first-order valence-electron chi connectivity index (χ1n) is 8.90. The lowest BCUT2D eigenvalue weighted by atomic mass is 10.1. The lowest BCUT2D eigenvalue weighted by molar-refractivity contribution is 0.415. The SMILES string of the molecule is COc1ccc(-n2c(-c3ccccc3)cc(=O)c(Cl)c2-c2ccccc2)cc1. The molecule has 3 aromatic carbocycles. The van der Waals surface area contributed by atoms with E-state index in [9.17, 15) is 4.79 Å². The van der Waals surface area contributed by atoms with Crippen LogP contribution in [0.1, 0.15) is 0 Å². The number of hydrogen-bond donors (Lipinski definition) is 0. The first kappa shape index (κ1) is 18.1. The van der Waals surface area contributed by atoms with Gasteiger partial charge in [-0.3, -0.25) is 4.79 Å².